The van der Waals surface area contributed by atoms with E-state index in [1.54, 1.807) is 29.2 Å². The van der Waals surface area contributed by atoms with Gasteiger partial charge in [0, 0.05) is 30.2 Å². The van der Waals surface area contributed by atoms with E-state index in [2.05, 4.69) is 5.32 Å². The second kappa shape index (κ2) is 7.23. The Kier molecular flexibility index (Phi) is 5.04. The smallest absolute Gasteiger partial charge is 0.227 e. The van der Waals surface area contributed by atoms with Crippen LogP contribution in [0.25, 0.3) is 0 Å². The Morgan fingerprint density at radius 1 is 1.28 bits per heavy atom. The van der Waals surface area contributed by atoms with Crippen LogP contribution >= 0.6 is 11.6 Å². The van der Waals surface area contributed by atoms with E-state index in [4.69, 9.17) is 11.6 Å². The van der Waals surface area contributed by atoms with Crippen molar-refractivity contribution in [2.45, 2.75) is 19.9 Å². The fourth-order valence-corrected chi connectivity index (χ4v) is 3.09. The topological polar surface area (TPSA) is 49.4 Å². The summed E-state index contributed by atoms with van der Waals surface area (Å²) in [5.41, 5.74) is 2.48. The first-order valence-corrected chi connectivity index (χ1v) is 8.40. The van der Waals surface area contributed by atoms with Crippen molar-refractivity contribution in [3.8, 4) is 0 Å². The molecule has 2 amide bonds. The molecule has 3 rings (SSSR count). The van der Waals surface area contributed by atoms with Crippen molar-refractivity contribution in [2.75, 3.05) is 11.4 Å². The number of nitrogens with one attached hydrogen (secondary N) is 1. The fourth-order valence-electron chi connectivity index (χ4n) is 2.93. The number of rotatable bonds is 4. The number of hydrogen-bond acceptors (Lipinski definition) is 2. The Bertz CT molecular complexity index is 808. The summed E-state index contributed by atoms with van der Waals surface area (Å²) in [7, 11) is 0. The summed E-state index contributed by atoms with van der Waals surface area (Å²) in [6.07, 6.45) is 0.168. The zero-order valence-corrected chi connectivity index (χ0v) is 14.5. The van der Waals surface area contributed by atoms with E-state index in [-0.39, 0.29) is 24.1 Å². The molecular weight excluding hydrogens is 343 g/mol. The molecule has 1 aliphatic heterocycles. The minimum atomic E-state index is -0.411. The van der Waals surface area contributed by atoms with Gasteiger partial charge in [-0.25, -0.2) is 4.39 Å². The molecule has 0 radical (unpaired) electrons. The van der Waals surface area contributed by atoms with Crippen LogP contribution in [-0.2, 0) is 16.1 Å². The molecule has 2 aromatic carbocycles. The Hall–Kier alpha value is -2.40. The van der Waals surface area contributed by atoms with Crippen LogP contribution in [-0.4, -0.2) is 18.4 Å². The van der Waals surface area contributed by atoms with Crippen LogP contribution in [0.4, 0.5) is 10.1 Å². The lowest BCUT2D eigenvalue weighted by Gasteiger charge is -2.19. The minimum absolute atomic E-state index is 0.0905. The van der Waals surface area contributed by atoms with Gasteiger partial charge in [-0.05, 0) is 42.3 Å². The van der Waals surface area contributed by atoms with Gasteiger partial charge in [0.05, 0.1) is 5.92 Å². The van der Waals surface area contributed by atoms with Gasteiger partial charge in [0.1, 0.15) is 5.82 Å². The summed E-state index contributed by atoms with van der Waals surface area (Å²) in [6, 6.07) is 11.3. The van der Waals surface area contributed by atoms with Crippen LogP contribution < -0.4 is 10.2 Å². The number of amides is 2. The molecule has 130 valence electrons. The normalized spacial score (nSPS) is 17.0. The molecule has 1 heterocycles. The highest BCUT2D eigenvalue weighted by Crippen LogP contribution is 2.30. The first-order valence-electron chi connectivity index (χ1n) is 8.02. The zero-order valence-electron chi connectivity index (χ0n) is 13.8. The van der Waals surface area contributed by atoms with Crippen molar-refractivity contribution in [1.29, 1.82) is 0 Å². The predicted octanol–water partition coefficient (Wildman–Crippen LogP) is 3.46. The van der Waals surface area contributed by atoms with E-state index in [0.717, 1.165) is 16.8 Å². The SMILES string of the molecule is Cc1ccc(Cl)cc1N1CC(C(=O)NCc2ccc(F)cc2)CC1=O. The molecule has 1 aliphatic rings. The third-order valence-electron chi connectivity index (χ3n) is 4.34. The van der Waals surface area contributed by atoms with Crippen LogP contribution in [0.15, 0.2) is 42.5 Å². The summed E-state index contributed by atoms with van der Waals surface area (Å²) in [5, 5.41) is 3.37. The Morgan fingerprint density at radius 2 is 2.00 bits per heavy atom. The van der Waals surface area contributed by atoms with Gasteiger partial charge in [-0.2, -0.15) is 0 Å². The minimum Gasteiger partial charge on any atom is -0.352 e. The average molecular weight is 361 g/mol. The van der Waals surface area contributed by atoms with E-state index in [1.165, 1.54) is 12.1 Å². The lowest BCUT2D eigenvalue weighted by Crippen LogP contribution is -2.32. The van der Waals surface area contributed by atoms with Gasteiger partial charge < -0.3 is 10.2 Å². The summed E-state index contributed by atoms with van der Waals surface area (Å²) in [4.78, 5) is 26.3. The molecule has 0 saturated carbocycles. The van der Waals surface area contributed by atoms with E-state index < -0.39 is 5.92 Å². The molecule has 1 fully saturated rings. The second-order valence-electron chi connectivity index (χ2n) is 6.18. The van der Waals surface area contributed by atoms with Crippen molar-refractivity contribution < 1.29 is 14.0 Å². The number of halogens is 2. The predicted molar refractivity (Wildman–Crippen MR) is 94.9 cm³/mol. The van der Waals surface area contributed by atoms with Crippen molar-refractivity contribution in [2.24, 2.45) is 5.92 Å². The molecular formula is C19H18ClFN2O2. The second-order valence-corrected chi connectivity index (χ2v) is 6.62. The third-order valence-corrected chi connectivity index (χ3v) is 4.57. The summed E-state index contributed by atoms with van der Waals surface area (Å²) < 4.78 is 12.9. The van der Waals surface area contributed by atoms with E-state index in [1.807, 2.05) is 13.0 Å². The standard InChI is InChI=1S/C19H18ClFN2O2/c1-12-2-5-15(20)9-17(12)23-11-14(8-18(23)24)19(25)22-10-13-3-6-16(21)7-4-13/h2-7,9,14H,8,10-11H2,1H3,(H,22,25). The van der Waals surface area contributed by atoms with Gasteiger partial charge in [-0.15, -0.1) is 0 Å². The molecule has 2 aromatic rings. The maximum absolute atomic E-state index is 12.9. The average Bonchev–Trinajstić information content (AvgIpc) is 2.98. The molecule has 1 saturated heterocycles. The number of nitrogens with zero attached hydrogens (tertiary/aromatic N) is 1. The van der Waals surface area contributed by atoms with E-state index >= 15 is 0 Å². The van der Waals surface area contributed by atoms with Gasteiger partial charge in [0.25, 0.3) is 0 Å². The van der Waals surface area contributed by atoms with Crippen molar-refractivity contribution >= 4 is 29.1 Å². The lowest BCUT2D eigenvalue weighted by atomic mass is 10.1. The van der Waals surface area contributed by atoms with E-state index in [0.29, 0.717) is 18.1 Å². The highest BCUT2D eigenvalue weighted by molar-refractivity contribution is 6.31. The Morgan fingerprint density at radius 3 is 2.72 bits per heavy atom. The van der Waals surface area contributed by atoms with Gasteiger partial charge in [-0.3, -0.25) is 9.59 Å². The van der Waals surface area contributed by atoms with Crippen LogP contribution in [0.1, 0.15) is 17.5 Å². The molecule has 1 unspecified atom stereocenters. The molecule has 0 spiro atoms. The maximum Gasteiger partial charge on any atom is 0.227 e. The Balaban J connectivity index is 1.64. The monoisotopic (exact) mass is 360 g/mol. The van der Waals surface area contributed by atoms with Crippen molar-refractivity contribution in [3.63, 3.8) is 0 Å². The summed E-state index contributed by atoms with van der Waals surface area (Å²) in [6.45, 7) is 2.54. The molecule has 0 bridgehead atoms. The number of benzene rings is 2. The Labute approximate surface area is 150 Å². The lowest BCUT2D eigenvalue weighted by molar-refractivity contribution is -0.126. The first-order chi connectivity index (χ1) is 11.9. The maximum atomic E-state index is 12.9. The number of carbonyl (C=O) groups excluding carboxylic acids is 2. The zero-order chi connectivity index (χ0) is 18.0. The summed E-state index contributed by atoms with van der Waals surface area (Å²) in [5.74, 6) is -0.998. The van der Waals surface area contributed by atoms with Crippen LogP contribution in [0.2, 0.25) is 5.02 Å². The van der Waals surface area contributed by atoms with Crippen molar-refractivity contribution in [3.05, 3.63) is 64.4 Å². The van der Waals surface area contributed by atoms with Gasteiger partial charge in [-0.1, -0.05) is 29.8 Å². The van der Waals surface area contributed by atoms with E-state index in [9.17, 15) is 14.0 Å². The van der Waals surface area contributed by atoms with Crippen molar-refractivity contribution in [1.82, 2.24) is 5.32 Å². The first kappa shape index (κ1) is 17.4. The van der Waals surface area contributed by atoms with Crippen LogP contribution in [0, 0.1) is 18.7 Å². The molecule has 25 heavy (non-hydrogen) atoms. The van der Waals surface area contributed by atoms with Crippen LogP contribution in [0.3, 0.4) is 0 Å². The molecule has 6 heteroatoms. The quantitative estimate of drug-likeness (QED) is 0.907. The third kappa shape index (κ3) is 3.99. The van der Waals surface area contributed by atoms with Crippen LogP contribution in [0.5, 0.6) is 0 Å². The fraction of sp³-hybridized carbons (Fsp3) is 0.263. The number of hydrogen-bond donors (Lipinski definition) is 1. The van der Waals surface area contributed by atoms with Gasteiger partial charge >= 0.3 is 0 Å². The molecule has 4 nitrogen and oxygen atoms in total. The van der Waals surface area contributed by atoms with Gasteiger partial charge in [0.2, 0.25) is 11.8 Å². The number of carbonyl (C=O) groups is 2. The molecule has 0 aliphatic carbocycles. The largest absolute Gasteiger partial charge is 0.352 e. The highest BCUT2D eigenvalue weighted by Gasteiger charge is 2.35. The van der Waals surface area contributed by atoms with Gasteiger partial charge in [0.15, 0.2) is 0 Å². The number of aryl methyl sites for hydroxylation is 1. The summed E-state index contributed by atoms with van der Waals surface area (Å²) >= 11 is 6.03. The molecule has 0 aromatic heterocycles. The molecule has 1 atom stereocenters. The number of anilines is 1. The molecule has 1 N–H and O–H groups in total. The highest BCUT2D eigenvalue weighted by atomic mass is 35.5.